The van der Waals surface area contributed by atoms with Crippen molar-refractivity contribution in [3.05, 3.63) is 48.6 Å². The molecule has 0 saturated heterocycles. The van der Waals surface area contributed by atoms with E-state index in [0.717, 1.165) is 33.7 Å². The Morgan fingerprint density at radius 1 is 1.04 bits per heavy atom. The maximum Gasteiger partial charge on any atom is 0.106 e. The Morgan fingerprint density at radius 2 is 1.78 bits per heavy atom. The minimum Gasteiger partial charge on any atom is -0.395 e. The van der Waals surface area contributed by atoms with Crippen molar-refractivity contribution in [3.8, 4) is 0 Å². The number of aliphatic hydroxyl groups excluding tert-OH is 1. The van der Waals surface area contributed by atoms with Crippen molar-refractivity contribution < 1.29 is 5.11 Å². The summed E-state index contributed by atoms with van der Waals surface area (Å²) >= 11 is 0. The first-order chi connectivity index (χ1) is 11.2. The van der Waals surface area contributed by atoms with Crippen molar-refractivity contribution in [1.82, 2.24) is 29.5 Å². The van der Waals surface area contributed by atoms with Crippen LogP contribution in [0.25, 0.3) is 22.1 Å². The Bertz CT molecular complexity index is 894. The summed E-state index contributed by atoms with van der Waals surface area (Å²) in [5, 5.41) is 8.85. The van der Waals surface area contributed by atoms with E-state index in [9.17, 15) is 0 Å². The van der Waals surface area contributed by atoms with E-state index in [1.165, 1.54) is 0 Å². The zero-order valence-corrected chi connectivity index (χ0v) is 13.1. The first-order valence-corrected chi connectivity index (χ1v) is 7.33. The van der Waals surface area contributed by atoms with Crippen LogP contribution in [0, 0.1) is 13.8 Å². The van der Waals surface area contributed by atoms with Crippen LogP contribution in [0.4, 0.5) is 0 Å². The number of nitrogens with zero attached hydrogens (tertiary/aromatic N) is 5. The van der Waals surface area contributed by atoms with Crippen molar-refractivity contribution in [2.45, 2.75) is 20.4 Å². The molecule has 7 heteroatoms. The molecule has 0 fully saturated rings. The average Bonchev–Trinajstić information content (AvgIpc) is 3.08. The second-order valence-corrected chi connectivity index (χ2v) is 5.11. The fraction of sp³-hybridized carbons (Fsp3) is 0.250. The van der Waals surface area contributed by atoms with Gasteiger partial charge in [0, 0.05) is 18.9 Å². The van der Waals surface area contributed by atoms with E-state index in [0.29, 0.717) is 6.54 Å². The van der Waals surface area contributed by atoms with Gasteiger partial charge < -0.3 is 14.7 Å². The van der Waals surface area contributed by atoms with E-state index < -0.39 is 0 Å². The molecule has 4 heterocycles. The lowest BCUT2D eigenvalue weighted by atomic mass is 10.4. The highest BCUT2D eigenvalue weighted by Crippen LogP contribution is 2.13. The Morgan fingerprint density at radius 3 is 2.52 bits per heavy atom. The van der Waals surface area contributed by atoms with Crippen LogP contribution >= 0.6 is 0 Å². The van der Waals surface area contributed by atoms with Gasteiger partial charge in [0.2, 0.25) is 0 Å². The summed E-state index contributed by atoms with van der Waals surface area (Å²) in [5.74, 6) is 1.85. The minimum atomic E-state index is 0.126. The van der Waals surface area contributed by atoms with E-state index in [-0.39, 0.29) is 6.61 Å². The largest absolute Gasteiger partial charge is 0.395 e. The minimum absolute atomic E-state index is 0.126. The molecule has 23 heavy (non-hydrogen) atoms. The van der Waals surface area contributed by atoms with Crippen LogP contribution in [-0.4, -0.2) is 41.2 Å². The van der Waals surface area contributed by atoms with Gasteiger partial charge in [-0.15, -0.1) is 0 Å². The molecule has 0 unspecified atom stereocenters. The highest BCUT2D eigenvalue weighted by Gasteiger charge is 2.05. The van der Waals surface area contributed by atoms with Crippen LogP contribution < -0.4 is 0 Å². The van der Waals surface area contributed by atoms with Crippen molar-refractivity contribution in [1.29, 1.82) is 0 Å². The summed E-state index contributed by atoms with van der Waals surface area (Å²) in [4.78, 5) is 19.6. The number of H-pyrrole nitrogens is 1. The highest BCUT2D eigenvalue weighted by molar-refractivity contribution is 5.74. The number of aliphatic hydroxyl groups is 1. The van der Waals surface area contributed by atoms with Gasteiger partial charge >= 0.3 is 0 Å². The van der Waals surface area contributed by atoms with Gasteiger partial charge in [-0.25, -0.2) is 9.97 Å². The van der Waals surface area contributed by atoms with Crippen LogP contribution in [-0.2, 0) is 6.54 Å². The fourth-order valence-electron chi connectivity index (χ4n) is 2.46. The Labute approximate surface area is 133 Å². The number of hydrogen-bond donors (Lipinski definition) is 2. The number of pyridine rings is 2. The molecule has 118 valence electrons. The molecule has 2 N–H and O–H groups in total. The number of aromatic amines is 1. The van der Waals surface area contributed by atoms with Crippen LogP contribution in [0.1, 0.15) is 11.6 Å². The first-order valence-electron chi connectivity index (χ1n) is 7.33. The van der Waals surface area contributed by atoms with Crippen LogP contribution in [0.2, 0.25) is 0 Å². The molecule has 0 saturated carbocycles. The first kappa shape index (κ1) is 15.1. The van der Waals surface area contributed by atoms with Gasteiger partial charge in [-0.05, 0) is 26.0 Å². The molecule has 0 amide bonds. The average molecular weight is 310 g/mol. The third kappa shape index (κ3) is 3.19. The molecule has 0 bridgehead atoms. The van der Waals surface area contributed by atoms with Crippen molar-refractivity contribution in [3.63, 3.8) is 0 Å². The maximum absolute atomic E-state index is 8.85. The molecule has 0 aliphatic carbocycles. The molecule has 0 atom stereocenters. The van der Waals surface area contributed by atoms with E-state index in [1.807, 2.05) is 30.5 Å². The Kier molecular flexibility index (Phi) is 4.29. The lowest BCUT2D eigenvalue weighted by Gasteiger charge is -2.02. The normalized spacial score (nSPS) is 10.7. The Hall–Kier alpha value is -2.80. The highest BCUT2D eigenvalue weighted by atomic mass is 16.3. The van der Waals surface area contributed by atoms with E-state index in [4.69, 9.17) is 5.11 Å². The molecule has 0 spiro atoms. The van der Waals surface area contributed by atoms with Crippen LogP contribution in [0.3, 0.4) is 0 Å². The molecule has 0 aliphatic rings. The second kappa shape index (κ2) is 6.53. The lowest BCUT2D eigenvalue weighted by Crippen LogP contribution is -2.03. The fourth-order valence-corrected chi connectivity index (χ4v) is 2.46. The molecule has 0 aromatic carbocycles. The predicted octanol–water partition coefficient (Wildman–Crippen LogP) is 2.00. The lowest BCUT2D eigenvalue weighted by molar-refractivity contribution is 0.276. The SMILES string of the molecule is Cc1nc2ccncc2[nH]1.Cc1nc2ccncc2n1CCO. The monoisotopic (exact) mass is 310 g/mol. The Balaban J connectivity index is 0.000000140. The predicted molar refractivity (Wildman–Crippen MR) is 88.0 cm³/mol. The maximum atomic E-state index is 8.85. The summed E-state index contributed by atoms with van der Waals surface area (Å²) in [6, 6.07) is 3.76. The van der Waals surface area contributed by atoms with Gasteiger partial charge in [0.1, 0.15) is 11.6 Å². The zero-order chi connectivity index (χ0) is 16.2. The molecular formula is C16H18N6O. The van der Waals surface area contributed by atoms with E-state index in [2.05, 4.69) is 24.9 Å². The molecular weight excluding hydrogens is 292 g/mol. The van der Waals surface area contributed by atoms with Gasteiger partial charge in [0.05, 0.1) is 41.1 Å². The van der Waals surface area contributed by atoms with Gasteiger partial charge in [0.25, 0.3) is 0 Å². The summed E-state index contributed by atoms with van der Waals surface area (Å²) in [6.07, 6.45) is 7.00. The molecule has 4 rings (SSSR count). The number of aromatic nitrogens is 6. The summed E-state index contributed by atoms with van der Waals surface area (Å²) < 4.78 is 1.96. The second-order valence-electron chi connectivity index (χ2n) is 5.11. The van der Waals surface area contributed by atoms with Gasteiger partial charge in [-0.3, -0.25) is 9.97 Å². The van der Waals surface area contributed by atoms with E-state index in [1.54, 1.807) is 24.8 Å². The van der Waals surface area contributed by atoms with E-state index >= 15 is 0 Å². The molecule has 0 radical (unpaired) electrons. The molecule has 4 aromatic rings. The summed E-state index contributed by atoms with van der Waals surface area (Å²) in [6.45, 7) is 4.56. The van der Waals surface area contributed by atoms with Gasteiger partial charge in [-0.1, -0.05) is 0 Å². The third-order valence-electron chi connectivity index (χ3n) is 3.47. The van der Waals surface area contributed by atoms with Crippen molar-refractivity contribution in [2.75, 3.05) is 6.61 Å². The quantitative estimate of drug-likeness (QED) is 0.591. The van der Waals surface area contributed by atoms with Crippen LogP contribution in [0.5, 0.6) is 0 Å². The third-order valence-corrected chi connectivity index (χ3v) is 3.47. The molecule has 0 aliphatic heterocycles. The molecule has 7 nitrogen and oxygen atoms in total. The summed E-state index contributed by atoms with van der Waals surface area (Å²) in [5.41, 5.74) is 3.89. The van der Waals surface area contributed by atoms with Crippen molar-refractivity contribution in [2.24, 2.45) is 0 Å². The number of aryl methyl sites for hydroxylation is 2. The number of nitrogens with one attached hydrogen (secondary N) is 1. The smallest absolute Gasteiger partial charge is 0.106 e. The number of fused-ring (bicyclic) bond motifs is 2. The van der Waals surface area contributed by atoms with Gasteiger partial charge in [-0.2, -0.15) is 0 Å². The van der Waals surface area contributed by atoms with Crippen molar-refractivity contribution >= 4 is 22.1 Å². The molecule has 4 aromatic heterocycles. The zero-order valence-electron chi connectivity index (χ0n) is 13.1. The van der Waals surface area contributed by atoms with Gasteiger partial charge in [0.15, 0.2) is 0 Å². The summed E-state index contributed by atoms with van der Waals surface area (Å²) in [7, 11) is 0. The number of hydrogen-bond acceptors (Lipinski definition) is 5. The topological polar surface area (TPSA) is 92.5 Å². The number of rotatable bonds is 2. The standard InChI is InChI=1S/C9H11N3O.C7H7N3/c1-7-11-8-2-3-10-6-9(8)12(7)4-5-13;1-5-9-6-2-3-8-4-7(6)10-5/h2-3,6,13H,4-5H2,1H3;2-4H,1H3,(H,9,10). The number of imidazole rings is 2. The van der Waals surface area contributed by atoms with Crippen LogP contribution in [0.15, 0.2) is 36.9 Å².